The van der Waals surface area contributed by atoms with Gasteiger partial charge in [0.15, 0.2) is 0 Å². The second-order valence-corrected chi connectivity index (χ2v) is 44.0. The molecule has 0 radical (unpaired) electrons. The Morgan fingerprint density at radius 2 is 0.850 bits per heavy atom. The molecule has 0 rings (SSSR count). The van der Waals surface area contributed by atoms with Crippen molar-refractivity contribution in [3.05, 3.63) is 0 Å². The van der Waals surface area contributed by atoms with Crippen LogP contribution >= 0.6 is 0 Å². The molecule has 0 aliphatic carbocycles. The maximum atomic E-state index is 2.59. The number of rotatable bonds is 8. The number of hydrogen-bond acceptors (Lipinski definition) is 0. The fourth-order valence-corrected chi connectivity index (χ4v) is 92.9. The fraction of sp³-hybridized carbons (Fsp3) is 1.00. The van der Waals surface area contributed by atoms with Gasteiger partial charge in [-0.25, -0.2) is 0 Å². The molecule has 0 N–H and O–H groups in total. The zero-order valence-corrected chi connectivity index (χ0v) is 21.5. The van der Waals surface area contributed by atoms with Gasteiger partial charge >= 0.3 is 150 Å². The zero-order valence-electron chi connectivity index (χ0n) is 16.3. The Hall–Kier alpha value is 1.65. The summed E-state index contributed by atoms with van der Waals surface area (Å²) in [5.41, 5.74) is 4.05. The summed E-state index contributed by atoms with van der Waals surface area (Å²) < 4.78 is -0.519. The maximum absolute atomic E-state index is 2.59. The standard InChI is InChI=1S/C16H39Si3.Na/c1-11-18(13(3)4,14(5)6)17-19(12-2,15(7)8)16(9)10;/h13-17H,11-12H2,1-10H3;. The van der Waals surface area contributed by atoms with Crippen LogP contribution in [0.15, 0.2) is 0 Å². The third-order valence-electron chi connectivity index (χ3n) is 7.14. The van der Waals surface area contributed by atoms with E-state index in [9.17, 15) is 0 Å². The molecule has 0 atom stereocenters. The van der Waals surface area contributed by atoms with E-state index in [1.165, 1.54) is 0 Å². The molecule has 0 aliphatic heterocycles. The van der Waals surface area contributed by atoms with Crippen molar-refractivity contribution in [2.75, 3.05) is 0 Å². The third-order valence-corrected chi connectivity index (χ3v) is 70.6. The van der Waals surface area contributed by atoms with E-state index in [0.717, 1.165) is 22.2 Å². The van der Waals surface area contributed by atoms with Crippen LogP contribution in [0.25, 0.3) is 0 Å². The summed E-state index contributed by atoms with van der Waals surface area (Å²) in [4.78, 5) is 0. The predicted octanol–water partition coefficient (Wildman–Crippen LogP) is 5.61. The molecular weight excluding hydrogens is 299 g/mol. The van der Waals surface area contributed by atoms with E-state index in [4.69, 9.17) is 0 Å². The molecule has 0 bridgehead atoms. The van der Waals surface area contributed by atoms with Crippen molar-refractivity contribution in [1.29, 1.82) is 0 Å². The quantitative estimate of drug-likeness (QED) is 0.504. The van der Waals surface area contributed by atoms with Gasteiger partial charge in [0, 0.05) is 0 Å². The van der Waals surface area contributed by atoms with Crippen molar-refractivity contribution in [2.45, 2.75) is 103 Å². The summed E-state index contributed by atoms with van der Waals surface area (Å²) in [6.45, 7) is 25.8. The SMILES string of the molecule is CC[Si](C(C)C)(C(C)C)[SiH]([Na])[Si](CC)(C(C)C)C(C)C. The molecule has 0 aromatic carbocycles. The van der Waals surface area contributed by atoms with Crippen molar-refractivity contribution in [3.8, 4) is 0 Å². The summed E-state index contributed by atoms with van der Waals surface area (Å²) in [5, 5.41) is 0. The number of hydrogen-bond donors (Lipinski definition) is 0. The van der Waals surface area contributed by atoms with Crippen LogP contribution in [0.1, 0.15) is 69.2 Å². The average Bonchev–Trinajstić information content (AvgIpc) is 2.29. The van der Waals surface area contributed by atoms with E-state index in [1.54, 1.807) is 39.1 Å². The summed E-state index contributed by atoms with van der Waals surface area (Å²) in [5.74, 6) is 0. The average molecular weight is 339 g/mol. The van der Waals surface area contributed by atoms with E-state index < -0.39 is 19.6 Å². The minimum atomic E-state index is -1.05. The first-order chi connectivity index (χ1) is 9.05. The van der Waals surface area contributed by atoms with Crippen LogP contribution in [-0.4, -0.2) is 46.6 Å². The molecule has 116 valence electrons. The third kappa shape index (κ3) is 3.59. The molecule has 0 heterocycles. The minimum absolute atomic E-state index is 0.519. The Labute approximate surface area is 149 Å². The molecule has 0 aromatic rings. The Morgan fingerprint density at radius 3 is 0.950 bits per heavy atom. The molecule has 0 nitrogen and oxygen atoms in total. The molecule has 4 heteroatoms. The summed E-state index contributed by atoms with van der Waals surface area (Å²) >= 11 is 1.58. The monoisotopic (exact) mass is 338 g/mol. The second kappa shape index (κ2) is 8.49. The Morgan fingerprint density at radius 1 is 0.650 bits per heavy atom. The van der Waals surface area contributed by atoms with E-state index in [2.05, 4.69) is 69.2 Å². The van der Waals surface area contributed by atoms with Gasteiger partial charge in [-0.2, -0.15) is 0 Å². The summed E-state index contributed by atoms with van der Waals surface area (Å²) in [6, 6.07) is 3.13. The Bertz CT molecular complexity index is 243. The van der Waals surface area contributed by atoms with Crippen LogP contribution in [0.5, 0.6) is 0 Å². The van der Waals surface area contributed by atoms with Gasteiger partial charge in [-0.1, -0.05) is 0 Å². The zero-order chi connectivity index (χ0) is 16.3. The van der Waals surface area contributed by atoms with Gasteiger partial charge in [-0.15, -0.1) is 0 Å². The van der Waals surface area contributed by atoms with E-state index in [1.807, 2.05) is 0 Å². The molecule has 0 saturated carbocycles. The summed E-state index contributed by atoms with van der Waals surface area (Å²) in [7, 11) is -2.09. The molecule has 0 saturated heterocycles. The van der Waals surface area contributed by atoms with Gasteiger partial charge in [-0.3, -0.25) is 0 Å². The first-order valence-electron chi connectivity index (χ1n) is 9.05. The van der Waals surface area contributed by atoms with Gasteiger partial charge in [0.05, 0.1) is 0 Å². The molecular formula is C16H39NaSi3. The fourth-order valence-electron chi connectivity index (χ4n) is 6.08. The molecule has 0 aromatic heterocycles. The molecule has 0 aliphatic rings. The van der Waals surface area contributed by atoms with Crippen molar-refractivity contribution in [1.82, 2.24) is 0 Å². The van der Waals surface area contributed by atoms with Gasteiger partial charge in [0.1, 0.15) is 0 Å². The van der Waals surface area contributed by atoms with Crippen molar-refractivity contribution in [3.63, 3.8) is 0 Å². The molecule has 20 heavy (non-hydrogen) atoms. The van der Waals surface area contributed by atoms with Crippen molar-refractivity contribution in [2.24, 2.45) is 0 Å². The van der Waals surface area contributed by atoms with Gasteiger partial charge in [0.25, 0.3) is 0 Å². The van der Waals surface area contributed by atoms with Crippen LogP contribution in [0.3, 0.4) is 0 Å². The van der Waals surface area contributed by atoms with Crippen molar-refractivity contribution >= 4 is 46.6 Å². The van der Waals surface area contributed by atoms with Crippen LogP contribution in [-0.2, 0) is 0 Å². The topological polar surface area (TPSA) is 0 Å². The predicted molar refractivity (Wildman–Crippen MR) is 106 cm³/mol. The first-order valence-corrected chi connectivity index (χ1v) is 22.0. The van der Waals surface area contributed by atoms with E-state index in [0.29, 0.717) is 0 Å². The second-order valence-electron chi connectivity index (χ2n) is 8.27. The molecule has 0 unspecified atom stereocenters. The molecule has 0 fully saturated rings. The normalized spacial score (nSPS) is 14.4. The van der Waals surface area contributed by atoms with Gasteiger partial charge < -0.3 is 0 Å². The Balaban J connectivity index is 6.02. The Kier molecular flexibility index (Phi) is 9.19. The first kappa shape index (κ1) is 21.7. The molecule has 0 spiro atoms. The van der Waals surface area contributed by atoms with Gasteiger partial charge in [-0.05, 0) is 0 Å². The van der Waals surface area contributed by atoms with Crippen LogP contribution in [0.2, 0.25) is 34.3 Å². The molecule has 0 amide bonds. The summed E-state index contributed by atoms with van der Waals surface area (Å²) in [6.07, 6.45) is 0. The van der Waals surface area contributed by atoms with E-state index >= 15 is 0 Å². The van der Waals surface area contributed by atoms with Crippen LogP contribution in [0, 0.1) is 0 Å². The van der Waals surface area contributed by atoms with Gasteiger partial charge in [0.2, 0.25) is 0 Å². The van der Waals surface area contributed by atoms with Crippen LogP contribution in [0.4, 0.5) is 0 Å². The van der Waals surface area contributed by atoms with Crippen molar-refractivity contribution < 1.29 is 0 Å². The van der Waals surface area contributed by atoms with E-state index in [-0.39, 0.29) is 0 Å². The van der Waals surface area contributed by atoms with Crippen LogP contribution < -0.4 is 0 Å².